The predicted octanol–water partition coefficient (Wildman–Crippen LogP) is 2.35. The molecule has 1 saturated heterocycles. The van der Waals surface area contributed by atoms with Crippen LogP contribution in [0.4, 0.5) is 0 Å². The monoisotopic (exact) mass is 258 g/mol. The fraction of sp³-hybridized carbons (Fsp3) is 0.562. The van der Waals surface area contributed by atoms with Gasteiger partial charge in [0, 0.05) is 24.7 Å². The summed E-state index contributed by atoms with van der Waals surface area (Å²) in [5.74, 6) is 0.220. The van der Waals surface area contributed by atoms with Crippen LogP contribution in [-0.4, -0.2) is 29.9 Å². The van der Waals surface area contributed by atoms with E-state index in [4.69, 9.17) is 0 Å². The minimum Gasteiger partial charge on any atom is -0.336 e. The Kier molecular flexibility index (Phi) is 3.56. The summed E-state index contributed by atoms with van der Waals surface area (Å²) in [7, 11) is 0. The van der Waals surface area contributed by atoms with E-state index in [0.717, 1.165) is 50.9 Å². The molecule has 2 aliphatic rings. The number of carbonyl (C=O) groups excluding carboxylic acids is 1. The Balaban J connectivity index is 1.83. The van der Waals surface area contributed by atoms with E-state index in [2.05, 4.69) is 29.3 Å². The van der Waals surface area contributed by atoms with Crippen molar-refractivity contribution in [1.82, 2.24) is 10.2 Å². The molecule has 3 rings (SSSR count). The number of carbonyl (C=O) groups is 1. The van der Waals surface area contributed by atoms with Crippen molar-refractivity contribution in [2.24, 2.45) is 0 Å². The van der Waals surface area contributed by atoms with E-state index in [1.54, 1.807) is 0 Å². The highest BCUT2D eigenvalue weighted by molar-refractivity contribution is 5.95. The maximum absolute atomic E-state index is 12.6. The zero-order valence-electron chi connectivity index (χ0n) is 11.6. The lowest BCUT2D eigenvalue weighted by Gasteiger charge is -2.25. The highest BCUT2D eigenvalue weighted by Crippen LogP contribution is 2.24. The van der Waals surface area contributed by atoms with Gasteiger partial charge in [-0.25, -0.2) is 0 Å². The second-order valence-electron chi connectivity index (χ2n) is 5.61. The molecule has 1 aromatic rings. The van der Waals surface area contributed by atoms with Crippen molar-refractivity contribution >= 4 is 5.91 Å². The molecule has 0 bridgehead atoms. The Morgan fingerprint density at radius 3 is 3.16 bits per heavy atom. The summed E-state index contributed by atoms with van der Waals surface area (Å²) in [5.41, 5.74) is 3.55. The van der Waals surface area contributed by atoms with Crippen LogP contribution in [0.3, 0.4) is 0 Å². The lowest BCUT2D eigenvalue weighted by atomic mass is 9.98. The molecule has 0 spiro atoms. The standard InChI is InChI=1S/C16H22N2O/c1-2-15-4-3-9-18(15)16(19)13-6-5-12-7-8-17-11-14(12)10-13/h5-6,10,15,17H,2-4,7-9,11H2,1H3. The third kappa shape index (κ3) is 2.39. The molecular formula is C16H22N2O. The van der Waals surface area contributed by atoms with Gasteiger partial charge in [0.15, 0.2) is 0 Å². The van der Waals surface area contributed by atoms with Gasteiger partial charge in [-0.2, -0.15) is 0 Å². The average Bonchev–Trinajstić information content (AvgIpc) is 2.94. The molecule has 3 heteroatoms. The van der Waals surface area contributed by atoms with Crippen molar-refractivity contribution in [3.05, 3.63) is 34.9 Å². The van der Waals surface area contributed by atoms with Crippen LogP contribution in [0, 0.1) is 0 Å². The molecule has 2 aliphatic heterocycles. The Morgan fingerprint density at radius 2 is 2.32 bits per heavy atom. The van der Waals surface area contributed by atoms with Gasteiger partial charge in [0.2, 0.25) is 0 Å². The van der Waals surface area contributed by atoms with Gasteiger partial charge in [-0.3, -0.25) is 4.79 Å². The molecule has 19 heavy (non-hydrogen) atoms. The second-order valence-corrected chi connectivity index (χ2v) is 5.61. The van der Waals surface area contributed by atoms with Crippen LogP contribution in [0.1, 0.15) is 47.7 Å². The Bertz CT molecular complexity index is 484. The molecular weight excluding hydrogens is 236 g/mol. The topological polar surface area (TPSA) is 32.3 Å². The SMILES string of the molecule is CCC1CCCN1C(=O)c1ccc2c(c1)CNCC2. The molecule has 2 heterocycles. The molecule has 1 atom stereocenters. The Morgan fingerprint density at radius 1 is 1.42 bits per heavy atom. The molecule has 3 nitrogen and oxygen atoms in total. The van der Waals surface area contributed by atoms with Crippen molar-refractivity contribution in [2.45, 2.75) is 45.2 Å². The lowest BCUT2D eigenvalue weighted by Crippen LogP contribution is -2.35. The lowest BCUT2D eigenvalue weighted by molar-refractivity contribution is 0.0733. The van der Waals surface area contributed by atoms with Gasteiger partial charge in [-0.1, -0.05) is 13.0 Å². The van der Waals surface area contributed by atoms with Gasteiger partial charge >= 0.3 is 0 Å². The predicted molar refractivity (Wildman–Crippen MR) is 76.2 cm³/mol. The first-order chi connectivity index (χ1) is 9.29. The molecule has 0 saturated carbocycles. The molecule has 1 N–H and O–H groups in total. The van der Waals surface area contributed by atoms with Crippen molar-refractivity contribution in [2.75, 3.05) is 13.1 Å². The van der Waals surface area contributed by atoms with Crippen molar-refractivity contribution in [1.29, 1.82) is 0 Å². The van der Waals surface area contributed by atoms with Crippen LogP contribution < -0.4 is 5.32 Å². The molecule has 102 valence electrons. The normalized spacial score (nSPS) is 22.4. The first-order valence-corrected chi connectivity index (χ1v) is 7.43. The highest BCUT2D eigenvalue weighted by Gasteiger charge is 2.28. The number of amides is 1. The molecule has 0 radical (unpaired) electrons. The first kappa shape index (κ1) is 12.7. The fourth-order valence-corrected chi connectivity index (χ4v) is 3.31. The molecule has 0 aliphatic carbocycles. The van der Waals surface area contributed by atoms with E-state index < -0.39 is 0 Å². The number of hydrogen-bond donors (Lipinski definition) is 1. The fourth-order valence-electron chi connectivity index (χ4n) is 3.31. The number of rotatable bonds is 2. The van der Waals surface area contributed by atoms with E-state index in [1.165, 1.54) is 11.1 Å². The van der Waals surface area contributed by atoms with E-state index in [0.29, 0.717) is 6.04 Å². The summed E-state index contributed by atoms with van der Waals surface area (Å²) < 4.78 is 0. The first-order valence-electron chi connectivity index (χ1n) is 7.43. The average molecular weight is 258 g/mol. The summed E-state index contributed by atoms with van der Waals surface area (Å²) in [6.45, 7) is 5.04. The summed E-state index contributed by atoms with van der Waals surface area (Å²) in [5, 5.41) is 3.37. The quantitative estimate of drug-likeness (QED) is 0.883. The van der Waals surface area contributed by atoms with Crippen LogP contribution in [-0.2, 0) is 13.0 Å². The molecule has 1 fully saturated rings. The van der Waals surface area contributed by atoms with Crippen molar-refractivity contribution < 1.29 is 4.79 Å². The van der Waals surface area contributed by atoms with Crippen LogP contribution in [0.15, 0.2) is 18.2 Å². The van der Waals surface area contributed by atoms with Gasteiger partial charge in [0.25, 0.3) is 5.91 Å². The third-order valence-corrected chi connectivity index (χ3v) is 4.45. The number of nitrogens with one attached hydrogen (secondary N) is 1. The molecule has 1 amide bonds. The van der Waals surface area contributed by atoms with Crippen LogP contribution in [0.25, 0.3) is 0 Å². The Hall–Kier alpha value is -1.35. The Labute approximate surface area is 115 Å². The zero-order valence-corrected chi connectivity index (χ0v) is 11.6. The minimum absolute atomic E-state index is 0.220. The molecule has 0 aromatic heterocycles. The summed E-state index contributed by atoms with van der Waals surface area (Å²) >= 11 is 0. The van der Waals surface area contributed by atoms with Gasteiger partial charge in [-0.05, 0) is 55.5 Å². The number of fused-ring (bicyclic) bond motifs is 1. The van der Waals surface area contributed by atoms with Crippen LogP contribution >= 0.6 is 0 Å². The number of likely N-dealkylation sites (tertiary alicyclic amines) is 1. The smallest absolute Gasteiger partial charge is 0.254 e. The largest absolute Gasteiger partial charge is 0.336 e. The molecule has 1 aromatic carbocycles. The van der Waals surface area contributed by atoms with Gasteiger partial charge in [0.1, 0.15) is 0 Å². The van der Waals surface area contributed by atoms with Crippen molar-refractivity contribution in [3.63, 3.8) is 0 Å². The summed E-state index contributed by atoms with van der Waals surface area (Å²) in [6.07, 6.45) is 4.45. The number of nitrogens with zero attached hydrogens (tertiary/aromatic N) is 1. The molecule has 1 unspecified atom stereocenters. The van der Waals surface area contributed by atoms with E-state index in [9.17, 15) is 4.79 Å². The van der Waals surface area contributed by atoms with Crippen LogP contribution in [0.2, 0.25) is 0 Å². The maximum atomic E-state index is 12.6. The van der Waals surface area contributed by atoms with E-state index in [1.807, 2.05) is 6.07 Å². The summed E-state index contributed by atoms with van der Waals surface area (Å²) in [4.78, 5) is 14.7. The summed E-state index contributed by atoms with van der Waals surface area (Å²) in [6, 6.07) is 6.69. The van der Waals surface area contributed by atoms with Gasteiger partial charge < -0.3 is 10.2 Å². The second kappa shape index (κ2) is 5.33. The number of benzene rings is 1. The van der Waals surface area contributed by atoms with Gasteiger partial charge in [0.05, 0.1) is 0 Å². The highest BCUT2D eigenvalue weighted by atomic mass is 16.2. The maximum Gasteiger partial charge on any atom is 0.254 e. The van der Waals surface area contributed by atoms with E-state index in [-0.39, 0.29) is 5.91 Å². The van der Waals surface area contributed by atoms with E-state index >= 15 is 0 Å². The van der Waals surface area contributed by atoms with Crippen molar-refractivity contribution in [3.8, 4) is 0 Å². The van der Waals surface area contributed by atoms with Gasteiger partial charge in [-0.15, -0.1) is 0 Å². The van der Waals surface area contributed by atoms with Crippen LogP contribution in [0.5, 0.6) is 0 Å². The zero-order chi connectivity index (χ0) is 13.2. The minimum atomic E-state index is 0.220. The number of hydrogen-bond acceptors (Lipinski definition) is 2. The third-order valence-electron chi connectivity index (χ3n) is 4.45.